The highest BCUT2D eigenvalue weighted by Crippen LogP contribution is 2.65. The second-order valence-electron chi connectivity index (χ2n) is 8.79. The minimum absolute atomic E-state index is 0.127. The summed E-state index contributed by atoms with van der Waals surface area (Å²) < 4.78 is 66.9. The fraction of sp³-hybridized carbons (Fsp3) is 0.778. The van der Waals surface area contributed by atoms with Gasteiger partial charge in [-0.05, 0) is 57.3 Å². The van der Waals surface area contributed by atoms with Crippen molar-refractivity contribution < 1.29 is 40.8 Å². The van der Waals surface area contributed by atoms with Crippen molar-refractivity contribution in [3.63, 3.8) is 0 Å². The van der Waals surface area contributed by atoms with Gasteiger partial charge in [-0.25, -0.2) is 4.79 Å². The van der Waals surface area contributed by atoms with E-state index in [9.17, 15) is 26.8 Å². The van der Waals surface area contributed by atoms with E-state index in [1.807, 2.05) is 0 Å². The third-order valence-electron chi connectivity index (χ3n) is 6.22. The summed E-state index contributed by atoms with van der Waals surface area (Å²) in [6, 6.07) is 0. The molecule has 0 aliphatic heterocycles. The molecule has 4 saturated carbocycles. The van der Waals surface area contributed by atoms with E-state index < -0.39 is 44.7 Å². The van der Waals surface area contributed by atoms with Crippen LogP contribution in [0.3, 0.4) is 0 Å². The fourth-order valence-corrected chi connectivity index (χ4v) is 5.79. The lowest BCUT2D eigenvalue weighted by atomic mass is 9.44. The summed E-state index contributed by atoms with van der Waals surface area (Å²) in [6.45, 7) is 3.48. The van der Waals surface area contributed by atoms with Crippen LogP contribution in [0.2, 0.25) is 0 Å². The number of carbonyl (C=O) groups is 2. The van der Waals surface area contributed by atoms with Crippen LogP contribution in [0.1, 0.15) is 45.4 Å². The van der Waals surface area contributed by atoms with Crippen LogP contribution in [0.5, 0.6) is 0 Å². The molecule has 4 aliphatic carbocycles. The first-order valence-electron chi connectivity index (χ1n) is 9.12. The molecule has 1 N–H and O–H groups in total. The van der Waals surface area contributed by atoms with Crippen LogP contribution in [-0.2, 0) is 29.2 Å². The first kappa shape index (κ1) is 21.2. The highest BCUT2D eigenvalue weighted by Gasteiger charge is 2.62. The van der Waals surface area contributed by atoms with Crippen molar-refractivity contribution in [3.8, 4) is 0 Å². The third kappa shape index (κ3) is 3.80. The lowest BCUT2D eigenvalue weighted by Gasteiger charge is -2.60. The molecule has 4 fully saturated rings. The quantitative estimate of drug-likeness (QED) is 0.382. The van der Waals surface area contributed by atoms with E-state index in [1.54, 1.807) is 0 Å². The SMILES string of the molecule is C=C(C)C(=O)OCC12CC3CC(C1)CC(C(=O)OCC(F)(F)S(=O)(=O)O)(C3)C2. The van der Waals surface area contributed by atoms with E-state index in [-0.39, 0.29) is 24.0 Å². The number of carbonyl (C=O) groups excluding carboxylic acids is 2. The maximum atomic E-state index is 13.4. The number of halogens is 2. The van der Waals surface area contributed by atoms with E-state index in [1.165, 1.54) is 6.92 Å². The number of ether oxygens (including phenoxy) is 2. The number of hydrogen-bond acceptors (Lipinski definition) is 6. The van der Waals surface area contributed by atoms with Crippen molar-refractivity contribution in [2.75, 3.05) is 13.2 Å². The molecule has 4 rings (SSSR count). The van der Waals surface area contributed by atoms with Crippen molar-refractivity contribution >= 4 is 22.1 Å². The topological polar surface area (TPSA) is 107 Å². The zero-order chi connectivity index (χ0) is 21.0. The van der Waals surface area contributed by atoms with Crippen LogP contribution in [0.25, 0.3) is 0 Å². The predicted molar refractivity (Wildman–Crippen MR) is 92.8 cm³/mol. The monoisotopic (exact) mass is 422 g/mol. The van der Waals surface area contributed by atoms with Gasteiger partial charge in [0.1, 0.15) is 0 Å². The molecule has 158 valence electrons. The molecule has 0 saturated heterocycles. The lowest BCUT2D eigenvalue weighted by molar-refractivity contribution is -0.191. The Balaban J connectivity index is 1.73. The van der Waals surface area contributed by atoms with Crippen molar-refractivity contribution in [2.24, 2.45) is 22.7 Å². The highest BCUT2D eigenvalue weighted by atomic mass is 32.2. The maximum absolute atomic E-state index is 13.4. The molecular formula is C18H24F2O7S. The van der Waals surface area contributed by atoms with Gasteiger partial charge in [-0.15, -0.1) is 0 Å². The first-order chi connectivity index (χ1) is 12.8. The molecule has 0 amide bonds. The maximum Gasteiger partial charge on any atom is 0.402 e. The van der Waals surface area contributed by atoms with E-state index in [2.05, 4.69) is 11.3 Å². The summed E-state index contributed by atoms with van der Waals surface area (Å²) in [5.74, 6) is -1.00. The molecule has 4 bridgehead atoms. The van der Waals surface area contributed by atoms with Gasteiger partial charge in [0.05, 0.1) is 12.0 Å². The second-order valence-corrected chi connectivity index (χ2v) is 10.3. The van der Waals surface area contributed by atoms with Gasteiger partial charge in [-0.1, -0.05) is 6.58 Å². The molecule has 28 heavy (non-hydrogen) atoms. The summed E-state index contributed by atoms with van der Waals surface area (Å²) in [4.78, 5) is 24.5. The third-order valence-corrected chi connectivity index (χ3v) is 7.09. The molecule has 0 heterocycles. The van der Waals surface area contributed by atoms with Crippen LogP contribution in [-0.4, -0.2) is 43.4 Å². The molecular weight excluding hydrogens is 398 g/mol. The van der Waals surface area contributed by atoms with Gasteiger partial charge in [-0.3, -0.25) is 9.35 Å². The van der Waals surface area contributed by atoms with E-state index in [0.717, 1.165) is 19.3 Å². The largest absolute Gasteiger partial charge is 0.462 e. The number of rotatable bonds is 7. The molecule has 4 aliphatic rings. The van der Waals surface area contributed by atoms with Gasteiger partial charge in [0.15, 0.2) is 6.61 Å². The average molecular weight is 422 g/mol. The second kappa shape index (κ2) is 6.76. The Labute approximate surface area is 162 Å². The number of alkyl halides is 2. The Bertz CT molecular complexity index is 791. The average Bonchev–Trinajstić information content (AvgIpc) is 2.55. The first-order valence-corrected chi connectivity index (χ1v) is 10.6. The zero-order valence-electron chi connectivity index (χ0n) is 15.6. The Hall–Kier alpha value is -1.55. The van der Waals surface area contributed by atoms with Crippen LogP contribution in [0, 0.1) is 22.7 Å². The molecule has 7 nitrogen and oxygen atoms in total. The van der Waals surface area contributed by atoms with Crippen molar-refractivity contribution in [1.82, 2.24) is 0 Å². The standard InChI is InChI=1S/C18H24F2O7S/c1-11(2)14(21)26-9-16-4-12-3-13(5-16)7-17(6-12,8-16)15(22)27-10-18(19,20)28(23,24)25/h12-13H,1,3-10H2,2H3,(H,23,24,25). The summed E-state index contributed by atoms with van der Waals surface area (Å²) in [7, 11) is -5.67. The minimum atomic E-state index is -5.67. The van der Waals surface area contributed by atoms with Crippen molar-refractivity contribution in [2.45, 2.75) is 50.7 Å². The van der Waals surface area contributed by atoms with Crippen LogP contribution in [0.15, 0.2) is 12.2 Å². The molecule has 0 aromatic rings. The Kier molecular flexibility index (Phi) is 5.11. The van der Waals surface area contributed by atoms with E-state index in [4.69, 9.17) is 9.29 Å². The van der Waals surface area contributed by atoms with Gasteiger partial charge in [0.25, 0.3) is 0 Å². The van der Waals surface area contributed by atoms with Gasteiger partial charge in [-0.2, -0.15) is 17.2 Å². The van der Waals surface area contributed by atoms with E-state index in [0.29, 0.717) is 19.3 Å². The smallest absolute Gasteiger partial charge is 0.402 e. The van der Waals surface area contributed by atoms with E-state index >= 15 is 0 Å². The Morgan fingerprint density at radius 1 is 1.18 bits per heavy atom. The lowest BCUT2D eigenvalue weighted by Crippen LogP contribution is -2.57. The fourth-order valence-electron chi connectivity index (χ4n) is 5.58. The van der Waals surface area contributed by atoms with Gasteiger partial charge in [0.2, 0.25) is 0 Å². The Morgan fingerprint density at radius 3 is 2.25 bits per heavy atom. The van der Waals surface area contributed by atoms with Crippen molar-refractivity contribution in [1.29, 1.82) is 0 Å². The summed E-state index contributed by atoms with van der Waals surface area (Å²) in [5.41, 5.74) is -1.14. The van der Waals surface area contributed by atoms with Crippen LogP contribution >= 0.6 is 0 Å². The zero-order valence-corrected chi connectivity index (χ0v) is 16.4. The molecule has 10 heteroatoms. The molecule has 0 spiro atoms. The Morgan fingerprint density at radius 2 is 1.75 bits per heavy atom. The molecule has 2 unspecified atom stereocenters. The predicted octanol–water partition coefficient (Wildman–Crippen LogP) is 2.72. The van der Waals surface area contributed by atoms with Gasteiger partial charge >= 0.3 is 27.3 Å². The van der Waals surface area contributed by atoms with Gasteiger partial charge in [0, 0.05) is 11.0 Å². The summed E-state index contributed by atoms with van der Waals surface area (Å²) in [5, 5.41) is -4.56. The van der Waals surface area contributed by atoms with Crippen LogP contribution in [0.4, 0.5) is 8.78 Å². The molecule has 2 atom stereocenters. The molecule has 0 radical (unpaired) electrons. The number of esters is 2. The van der Waals surface area contributed by atoms with Crippen LogP contribution < -0.4 is 0 Å². The summed E-state index contributed by atoms with van der Waals surface area (Å²) >= 11 is 0. The summed E-state index contributed by atoms with van der Waals surface area (Å²) in [6.07, 6.45) is 3.79. The molecule has 0 aromatic heterocycles. The highest BCUT2D eigenvalue weighted by molar-refractivity contribution is 7.86. The normalized spacial score (nSPS) is 34.1. The number of hydrogen-bond donors (Lipinski definition) is 1. The van der Waals surface area contributed by atoms with Gasteiger partial charge < -0.3 is 9.47 Å². The molecule has 0 aromatic carbocycles. The minimum Gasteiger partial charge on any atom is -0.462 e. The van der Waals surface area contributed by atoms with Crippen molar-refractivity contribution in [3.05, 3.63) is 12.2 Å².